The summed E-state index contributed by atoms with van der Waals surface area (Å²) in [5.41, 5.74) is 0.399. The van der Waals surface area contributed by atoms with Gasteiger partial charge < -0.3 is 10.1 Å². The Labute approximate surface area is 138 Å². The van der Waals surface area contributed by atoms with Gasteiger partial charge in [-0.3, -0.25) is 15.0 Å². The van der Waals surface area contributed by atoms with Crippen LogP contribution in [0.4, 0.5) is 11.4 Å². The van der Waals surface area contributed by atoms with Gasteiger partial charge in [0.25, 0.3) is 5.69 Å². The molecule has 2 fully saturated rings. The van der Waals surface area contributed by atoms with Crippen LogP contribution in [0.5, 0.6) is 0 Å². The summed E-state index contributed by atoms with van der Waals surface area (Å²) in [5.74, 6) is 0. The van der Waals surface area contributed by atoms with Gasteiger partial charge >= 0.3 is 0 Å². The number of hydrogen-bond acceptors (Lipinski definition) is 5. The molecule has 1 saturated heterocycles. The molecule has 1 N–H and O–H groups in total. The van der Waals surface area contributed by atoms with Gasteiger partial charge in [-0.1, -0.05) is 23.2 Å². The van der Waals surface area contributed by atoms with Crippen molar-refractivity contribution in [2.75, 3.05) is 31.6 Å². The summed E-state index contributed by atoms with van der Waals surface area (Å²) in [6, 6.07) is 3.32. The van der Waals surface area contributed by atoms with Crippen LogP contribution in [0, 0.1) is 10.1 Å². The van der Waals surface area contributed by atoms with Gasteiger partial charge in [-0.2, -0.15) is 0 Å². The number of ether oxygens (including phenoxy) is 1. The molecular weight excluding hydrogens is 329 g/mol. The van der Waals surface area contributed by atoms with Crippen molar-refractivity contribution in [3.8, 4) is 0 Å². The quantitative estimate of drug-likeness (QED) is 0.655. The topological polar surface area (TPSA) is 67.6 Å². The van der Waals surface area contributed by atoms with Gasteiger partial charge in [-0.05, 0) is 12.8 Å². The average molecular weight is 346 g/mol. The Morgan fingerprint density at radius 2 is 2.05 bits per heavy atom. The third-order valence-corrected chi connectivity index (χ3v) is 4.57. The van der Waals surface area contributed by atoms with E-state index in [9.17, 15) is 10.1 Å². The van der Waals surface area contributed by atoms with Crippen molar-refractivity contribution in [3.63, 3.8) is 0 Å². The fraction of sp³-hybridized carbons (Fsp3) is 0.571. The molecule has 1 aromatic carbocycles. The first-order chi connectivity index (χ1) is 10.5. The Balaban J connectivity index is 1.62. The van der Waals surface area contributed by atoms with Gasteiger partial charge in [-0.15, -0.1) is 0 Å². The minimum atomic E-state index is -0.515. The number of nitrogens with zero attached hydrogens (tertiary/aromatic N) is 2. The first kappa shape index (κ1) is 15.8. The van der Waals surface area contributed by atoms with E-state index in [0.717, 1.165) is 25.7 Å². The summed E-state index contributed by atoms with van der Waals surface area (Å²) in [7, 11) is 0. The van der Waals surface area contributed by atoms with Crippen LogP contribution < -0.4 is 5.32 Å². The normalized spacial score (nSPS) is 22.5. The third-order valence-electron chi connectivity index (χ3n) is 3.98. The molecule has 1 atom stereocenters. The van der Waals surface area contributed by atoms with Gasteiger partial charge in [0.05, 0.1) is 33.4 Å². The number of rotatable bonds is 5. The van der Waals surface area contributed by atoms with E-state index >= 15 is 0 Å². The second-order valence-electron chi connectivity index (χ2n) is 5.64. The van der Waals surface area contributed by atoms with E-state index in [0.29, 0.717) is 12.2 Å². The average Bonchev–Trinajstić information content (AvgIpc) is 3.31. The zero-order chi connectivity index (χ0) is 15.7. The summed E-state index contributed by atoms with van der Waals surface area (Å²) < 4.78 is 5.75. The van der Waals surface area contributed by atoms with Gasteiger partial charge in [-0.25, -0.2) is 0 Å². The first-order valence-corrected chi connectivity index (χ1v) is 8.03. The molecule has 1 aliphatic carbocycles. The van der Waals surface area contributed by atoms with Crippen LogP contribution in [-0.2, 0) is 4.74 Å². The lowest BCUT2D eigenvalue weighted by molar-refractivity contribution is -0.384. The van der Waals surface area contributed by atoms with E-state index in [2.05, 4.69) is 10.2 Å². The third kappa shape index (κ3) is 3.63. The van der Waals surface area contributed by atoms with Gasteiger partial charge in [0.2, 0.25) is 0 Å². The van der Waals surface area contributed by atoms with Crippen LogP contribution in [0.25, 0.3) is 0 Å². The van der Waals surface area contributed by atoms with E-state index < -0.39 is 4.92 Å². The minimum Gasteiger partial charge on any atom is -0.380 e. The highest BCUT2D eigenvalue weighted by atomic mass is 35.5. The molecule has 8 heteroatoms. The van der Waals surface area contributed by atoms with Crippen molar-refractivity contribution in [1.29, 1.82) is 0 Å². The second-order valence-corrected chi connectivity index (χ2v) is 6.46. The number of nitro groups is 1. The van der Waals surface area contributed by atoms with E-state index in [1.165, 1.54) is 25.0 Å². The Morgan fingerprint density at radius 3 is 2.64 bits per heavy atom. The van der Waals surface area contributed by atoms with Crippen molar-refractivity contribution < 1.29 is 9.66 Å². The molecule has 0 spiro atoms. The van der Waals surface area contributed by atoms with Crippen molar-refractivity contribution in [2.24, 2.45) is 0 Å². The van der Waals surface area contributed by atoms with Gasteiger partial charge in [0.15, 0.2) is 0 Å². The van der Waals surface area contributed by atoms with Crippen LogP contribution in [0.1, 0.15) is 12.8 Å². The molecule has 120 valence electrons. The zero-order valence-electron chi connectivity index (χ0n) is 11.9. The zero-order valence-corrected chi connectivity index (χ0v) is 13.4. The number of anilines is 1. The molecule has 0 bridgehead atoms. The summed E-state index contributed by atoms with van der Waals surface area (Å²) in [6.07, 6.45) is 2.62. The predicted molar refractivity (Wildman–Crippen MR) is 85.9 cm³/mol. The number of nitro benzene ring substituents is 1. The lowest BCUT2D eigenvalue weighted by Crippen LogP contribution is -2.46. The Kier molecular flexibility index (Phi) is 4.73. The number of halogens is 2. The van der Waals surface area contributed by atoms with Gasteiger partial charge in [0.1, 0.15) is 0 Å². The van der Waals surface area contributed by atoms with Gasteiger partial charge in [0, 0.05) is 37.8 Å². The Bertz CT molecular complexity index is 557. The van der Waals surface area contributed by atoms with E-state index in [1.54, 1.807) is 0 Å². The molecule has 3 rings (SSSR count). The summed E-state index contributed by atoms with van der Waals surface area (Å²) >= 11 is 12.2. The molecule has 1 aromatic rings. The maximum atomic E-state index is 10.8. The number of non-ortho nitro benzene ring substituents is 1. The van der Waals surface area contributed by atoms with Crippen LogP contribution in [-0.4, -0.2) is 48.2 Å². The highest BCUT2D eigenvalue weighted by Gasteiger charge is 2.32. The molecule has 22 heavy (non-hydrogen) atoms. The summed E-state index contributed by atoms with van der Waals surface area (Å²) in [4.78, 5) is 12.7. The predicted octanol–water partition coefficient (Wildman–Crippen LogP) is 3.18. The first-order valence-electron chi connectivity index (χ1n) is 7.27. The van der Waals surface area contributed by atoms with Crippen molar-refractivity contribution in [1.82, 2.24) is 4.90 Å². The summed E-state index contributed by atoms with van der Waals surface area (Å²) in [6.45, 7) is 3.17. The standard InChI is InChI=1S/C14H17Cl2N3O3/c15-12-5-10(19(20)21)6-13(16)14(12)17-7-11-8-18(3-4-22-11)9-1-2-9/h5-6,9,11,17H,1-4,7-8H2. The molecule has 1 unspecified atom stereocenters. The molecule has 1 aliphatic heterocycles. The number of morpholine rings is 1. The maximum absolute atomic E-state index is 10.8. The number of benzene rings is 1. The lowest BCUT2D eigenvalue weighted by Gasteiger charge is -2.33. The highest BCUT2D eigenvalue weighted by molar-refractivity contribution is 6.39. The molecule has 1 heterocycles. The molecule has 6 nitrogen and oxygen atoms in total. The van der Waals surface area contributed by atoms with Crippen LogP contribution in [0.2, 0.25) is 10.0 Å². The Hall–Kier alpha value is -1.08. The van der Waals surface area contributed by atoms with E-state index in [-0.39, 0.29) is 21.8 Å². The highest BCUT2D eigenvalue weighted by Crippen LogP contribution is 2.35. The molecular formula is C14H17Cl2N3O3. The van der Waals surface area contributed by atoms with E-state index in [4.69, 9.17) is 27.9 Å². The lowest BCUT2D eigenvalue weighted by atomic mass is 10.2. The maximum Gasteiger partial charge on any atom is 0.272 e. The second kappa shape index (κ2) is 6.58. The molecule has 0 radical (unpaired) electrons. The molecule has 1 saturated carbocycles. The van der Waals surface area contributed by atoms with Crippen LogP contribution in [0.3, 0.4) is 0 Å². The molecule has 0 aromatic heterocycles. The fourth-order valence-corrected chi connectivity index (χ4v) is 3.30. The Morgan fingerprint density at radius 1 is 1.36 bits per heavy atom. The van der Waals surface area contributed by atoms with Crippen LogP contribution >= 0.6 is 23.2 Å². The monoisotopic (exact) mass is 345 g/mol. The molecule has 0 amide bonds. The van der Waals surface area contributed by atoms with Crippen molar-refractivity contribution >= 4 is 34.6 Å². The fourth-order valence-electron chi connectivity index (χ4n) is 2.69. The number of nitrogens with one attached hydrogen (secondary N) is 1. The minimum absolute atomic E-state index is 0.0664. The summed E-state index contributed by atoms with van der Waals surface area (Å²) in [5, 5.41) is 14.4. The van der Waals surface area contributed by atoms with Crippen molar-refractivity contribution in [3.05, 3.63) is 32.3 Å². The van der Waals surface area contributed by atoms with Crippen LogP contribution in [0.15, 0.2) is 12.1 Å². The molecule has 2 aliphatic rings. The van der Waals surface area contributed by atoms with E-state index in [1.807, 2.05) is 0 Å². The van der Waals surface area contributed by atoms with Crippen molar-refractivity contribution in [2.45, 2.75) is 25.0 Å². The number of hydrogen-bond donors (Lipinski definition) is 1. The largest absolute Gasteiger partial charge is 0.380 e. The SMILES string of the molecule is O=[N+]([O-])c1cc(Cl)c(NCC2CN(C3CC3)CCO2)c(Cl)c1. The smallest absolute Gasteiger partial charge is 0.272 e.